The molecule has 0 saturated heterocycles. The molecular weight excluding hydrogens is 208 g/mol. The van der Waals surface area contributed by atoms with Gasteiger partial charge in [0.1, 0.15) is 0 Å². The minimum Gasteiger partial charge on any atom is -0.315 e. The number of hydrogen-bond donors (Lipinski definition) is 1. The van der Waals surface area contributed by atoms with Gasteiger partial charge >= 0.3 is 0 Å². The maximum Gasteiger partial charge on any atom is 0.0466 e. The average molecular weight is 234 g/mol. The molecule has 0 aliphatic rings. The molecule has 0 aliphatic carbocycles. The van der Waals surface area contributed by atoms with E-state index in [0.29, 0.717) is 6.04 Å². The Morgan fingerprint density at radius 3 is 2.29 bits per heavy atom. The van der Waals surface area contributed by atoms with Crippen molar-refractivity contribution in [2.75, 3.05) is 27.2 Å². The molecule has 1 aromatic rings. The second-order valence-electron chi connectivity index (χ2n) is 5.28. The van der Waals surface area contributed by atoms with Crippen molar-refractivity contribution in [3.05, 3.63) is 35.9 Å². The molecule has 0 heterocycles. The number of nitrogens with zero attached hydrogens (tertiary/aromatic N) is 1. The van der Waals surface area contributed by atoms with Crippen LogP contribution in [0.25, 0.3) is 0 Å². The first-order valence-electron chi connectivity index (χ1n) is 6.53. The third kappa shape index (κ3) is 5.33. The van der Waals surface area contributed by atoms with E-state index >= 15 is 0 Å². The zero-order valence-electron chi connectivity index (χ0n) is 11.6. The molecule has 0 saturated carbocycles. The molecule has 1 atom stereocenters. The summed E-state index contributed by atoms with van der Waals surface area (Å²) in [5, 5.41) is 3.55. The van der Waals surface area contributed by atoms with Crippen molar-refractivity contribution in [1.82, 2.24) is 10.2 Å². The van der Waals surface area contributed by atoms with Gasteiger partial charge < -0.3 is 10.2 Å². The lowest BCUT2D eigenvalue weighted by Gasteiger charge is -2.25. The lowest BCUT2D eigenvalue weighted by molar-refractivity contribution is 0.287. The first kappa shape index (κ1) is 14.2. The van der Waals surface area contributed by atoms with Crippen LogP contribution in [0.2, 0.25) is 0 Å². The molecule has 17 heavy (non-hydrogen) atoms. The van der Waals surface area contributed by atoms with E-state index in [0.717, 1.165) is 19.0 Å². The molecule has 2 heteroatoms. The molecule has 1 aromatic carbocycles. The van der Waals surface area contributed by atoms with Gasteiger partial charge in [-0.2, -0.15) is 0 Å². The first-order valence-corrected chi connectivity index (χ1v) is 6.53. The van der Waals surface area contributed by atoms with E-state index in [1.165, 1.54) is 12.0 Å². The molecule has 0 spiro atoms. The Hall–Kier alpha value is -0.860. The maximum absolute atomic E-state index is 3.55. The fourth-order valence-corrected chi connectivity index (χ4v) is 1.90. The summed E-state index contributed by atoms with van der Waals surface area (Å²) in [5.41, 5.74) is 1.38. The maximum atomic E-state index is 3.55. The summed E-state index contributed by atoms with van der Waals surface area (Å²) < 4.78 is 0. The Labute approximate surface area is 106 Å². The van der Waals surface area contributed by atoms with Gasteiger partial charge in [0.25, 0.3) is 0 Å². The van der Waals surface area contributed by atoms with Crippen LogP contribution in [0, 0.1) is 5.92 Å². The van der Waals surface area contributed by atoms with Crippen LogP contribution in [-0.4, -0.2) is 32.1 Å². The van der Waals surface area contributed by atoms with Crippen molar-refractivity contribution in [2.45, 2.75) is 26.3 Å². The van der Waals surface area contributed by atoms with Gasteiger partial charge in [-0.05, 0) is 38.5 Å². The van der Waals surface area contributed by atoms with Crippen molar-refractivity contribution < 1.29 is 0 Å². The van der Waals surface area contributed by atoms with E-state index in [1.54, 1.807) is 0 Å². The summed E-state index contributed by atoms with van der Waals surface area (Å²) in [6, 6.07) is 11.2. The van der Waals surface area contributed by atoms with Crippen molar-refractivity contribution in [3.63, 3.8) is 0 Å². The minimum absolute atomic E-state index is 0.461. The van der Waals surface area contributed by atoms with Crippen molar-refractivity contribution in [3.8, 4) is 0 Å². The van der Waals surface area contributed by atoms with Crippen molar-refractivity contribution in [2.24, 2.45) is 5.92 Å². The molecule has 0 amide bonds. The van der Waals surface area contributed by atoms with E-state index in [1.807, 2.05) is 0 Å². The summed E-state index contributed by atoms with van der Waals surface area (Å²) >= 11 is 0. The van der Waals surface area contributed by atoms with E-state index in [4.69, 9.17) is 0 Å². The van der Waals surface area contributed by atoms with Crippen LogP contribution in [0.3, 0.4) is 0 Å². The molecule has 0 aromatic heterocycles. The molecule has 0 fully saturated rings. The predicted octanol–water partition coefficient (Wildman–Crippen LogP) is 2.93. The smallest absolute Gasteiger partial charge is 0.0466 e. The normalized spacial score (nSPS) is 13.3. The molecule has 1 N–H and O–H groups in total. The largest absolute Gasteiger partial charge is 0.315 e. The number of nitrogens with one attached hydrogen (secondary N) is 1. The second-order valence-corrected chi connectivity index (χ2v) is 5.28. The van der Waals surface area contributed by atoms with Gasteiger partial charge in [0.05, 0.1) is 0 Å². The van der Waals surface area contributed by atoms with Crippen molar-refractivity contribution >= 4 is 0 Å². The highest BCUT2D eigenvalue weighted by Crippen LogP contribution is 2.16. The van der Waals surface area contributed by atoms with Gasteiger partial charge in [-0.3, -0.25) is 0 Å². The summed E-state index contributed by atoms with van der Waals surface area (Å²) in [6.07, 6.45) is 1.24. The Bertz CT molecular complexity index is 293. The molecule has 1 unspecified atom stereocenters. The van der Waals surface area contributed by atoms with Gasteiger partial charge in [0.2, 0.25) is 0 Å². The third-order valence-corrected chi connectivity index (χ3v) is 3.04. The minimum atomic E-state index is 0.461. The monoisotopic (exact) mass is 234 g/mol. The SMILES string of the molecule is CC(C)CCNCC(c1ccccc1)N(C)C. The highest BCUT2D eigenvalue weighted by molar-refractivity contribution is 5.19. The summed E-state index contributed by atoms with van der Waals surface area (Å²) in [7, 11) is 4.28. The standard InChI is InChI=1S/C15H26N2/c1-13(2)10-11-16-12-15(17(3)4)14-8-6-5-7-9-14/h5-9,13,15-16H,10-12H2,1-4H3. The molecular formula is C15H26N2. The number of benzene rings is 1. The quantitative estimate of drug-likeness (QED) is 0.730. The molecule has 96 valence electrons. The zero-order chi connectivity index (χ0) is 12.7. The van der Waals surface area contributed by atoms with Gasteiger partial charge in [-0.15, -0.1) is 0 Å². The Morgan fingerprint density at radius 1 is 1.12 bits per heavy atom. The highest BCUT2D eigenvalue weighted by Gasteiger charge is 2.12. The van der Waals surface area contributed by atoms with Crippen LogP contribution in [0.4, 0.5) is 0 Å². The fourth-order valence-electron chi connectivity index (χ4n) is 1.90. The van der Waals surface area contributed by atoms with Crippen LogP contribution in [-0.2, 0) is 0 Å². The number of rotatable bonds is 7. The summed E-state index contributed by atoms with van der Waals surface area (Å²) in [6.45, 7) is 6.66. The molecule has 1 rings (SSSR count). The topological polar surface area (TPSA) is 15.3 Å². The van der Waals surface area contributed by atoms with Crippen LogP contribution in [0.5, 0.6) is 0 Å². The highest BCUT2D eigenvalue weighted by atomic mass is 15.1. The van der Waals surface area contributed by atoms with Gasteiger partial charge in [-0.1, -0.05) is 44.2 Å². The van der Waals surface area contributed by atoms with Gasteiger partial charge in [0.15, 0.2) is 0 Å². The predicted molar refractivity (Wildman–Crippen MR) is 75.2 cm³/mol. The number of hydrogen-bond acceptors (Lipinski definition) is 2. The zero-order valence-corrected chi connectivity index (χ0v) is 11.6. The Balaban J connectivity index is 2.45. The van der Waals surface area contributed by atoms with Crippen LogP contribution < -0.4 is 5.32 Å². The lowest BCUT2D eigenvalue weighted by atomic mass is 10.1. The Morgan fingerprint density at radius 2 is 1.76 bits per heavy atom. The van der Waals surface area contributed by atoms with Gasteiger partial charge in [0, 0.05) is 12.6 Å². The Kier molecular flexibility index (Phi) is 6.23. The van der Waals surface area contributed by atoms with E-state index in [9.17, 15) is 0 Å². The molecule has 0 radical (unpaired) electrons. The van der Waals surface area contributed by atoms with E-state index in [-0.39, 0.29) is 0 Å². The van der Waals surface area contributed by atoms with Crippen LogP contribution in [0.15, 0.2) is 30.3 Å². The van der Waals surface area contributed by atoms with Crippen LogP contribution >= 0.6 is 0 Å². The fraction of sp³-hybridized carbons (Fsp3) is 0.600. The number of likely N-dealkylation sites (N-methyl/N-ethyl adjacent to an activating group) is 1. The lowest BCUT2D eigenvalue weighted by Crippen LogP contribution is -2.31. The molecule has 0 bridgehead atoms. The molecule has 2 nitrogen and oxygen atoms in total. The van der Waals surface area contributed by atoms with E-state index in [2.05, 4.69) is 68.5 Å². The van der Waals surface area contributed by atoms with Gasteiger partial charge in [-0.25, -0.2) is 0 Å². The average Bonchev–Trinajstić information content (AvgIpc) is 2.29. The van der Waals surface area contributed by atoms with Crippen molar-refractivity contribution in [1.29, 1.82) is 0 Å². The molecule has 0 aliphatic heterocycles. The first-order chi connectivity index (χ1) is 8.11. The van der Waals surface area contributed by atoms with Crippen LogP contribution in [0.1, 0.15) is 31.9 Å². The summed E-state index contributed by atoms with van der Waals surface area (Å²) in [4.78, 5) is 2.28. The second kappa shape index (κ2) is 7.46. The third-order valence-electron chi connectivity index (χ3n) is 3.04. The summed E-state index contributed by atoms with van der Waals surface area (Å²) in [5.74, 6) is 0.775. The van der Waals surface area contributed by atoms with E-state index < -0.39 is 0 Å².